The molecule has 5 nitrogen and oxygen atoms in total. The van der Waals surface area contributed by atoms with Gasteiger partial charge in [-0.1, -0.05) is 19.9 Å². The molecule has 0 saturated heterocycles. The monoisotopic (exact) mass is 272 g/mol. The predicted molar refractivity (Wildman–Crippen MR) is 69.5 cm³/mol. The van der Waals surface area contributed by atoms with Gasteiger partial charge in [0.15, 0.2) is 5.03 Å². The number of rotatable bonds is 6. The van der Waals surface area contributed by atoms with Crippen LogP contribution in [0.5, 0.6) is 0 Å². The molecule has 0 amide bonds. The molecule has 0 fully saturated rings. The number of aliphatic hydroxyl groups is 1. The van der Waals surface area contributed by atoms with Gasteiger partial charge in [-0.3, -0.25) is 0 Å². The molecule has 6 heteroatoms. The van der Waals surface area contributed by atoms with Gasteiger partial charge in [-0.15, -0.1) is 0 Å². The van der Waals surface area contributed by atoms with Gasteiger partial charge in [-0.2, -0.15) is 0 Å². The molecule has 0 atom stereocenters. The Kier molecular flexibility index (Phi) is 4.84. The van der Waals surface area contributed by atoms with E-state index in [0.717, 1.165) is 0 Å². The van der Waals surface area contributed by atoms with Crippen LogP contribution in [0.2, 0.25) is 0 Å². The lowest BCUT2D eigenvalue weighted by atomic mass is 9.98. The normalized spacial score (nSPS) is 12.7. The van der Waals surface area contributed by atoms with Gasteiger partial charge in [0.1, 0.15) is 0 Å². The summed E-state index contributed by atoms with van der Waals surface area (Å²) in [6.07, 6.45) is 2.78. The second-order valence-electron chi connectivity index (χ2n) is 4.54. The summed E-state index contributed by atoms with van der Waals surface area (Å²) >= 11 is 0. The number of aliphatic hydroxyl groups excluding tert-OH is 1. The van der Waals surface area contributed by atoms with Crippen molar-refractivity contribution in [1.29, 1.82) is 0 Å². The van der Waals surface area contributed by atoms with Crippen molar-refractivity contribution in [1.82, 2.24) is 9.71 Å². The molecule has 0 aliphatic carbocycles. The zero-order chi connectivity index (χ0) is 13.8. The molecular formula is C12H20N2O3S. The lowest BCUT2D eigenvalue weighted by molar-refractivity contribution is 0.281. The molecule has 0 radical (unpaired) electrons. The molecule has 102 valence electrons. The Hall–Kier alpha value is -0.980. The topological polar surface area (TPSA) is 79.3 Å². The molecule has 0 saturated carbocycles. The highest BCUT2D eigenvalue weighted by molar-refractivity contribution is 7.89. The molecule has 2 N–H and O–H groups in total. The zero-order valence-corrected chi connectivity index (χ0v) is 11.8. The molecule has 1 heterocycles. The number of sulfonamides is 1. The van der Waals surface area contributed by atoms with Crippen LogP contribution in [-0.2, 0) is 16.6 Å². The van der Waals surface area contributed by atoms with Crippen LogP contribution in [0.3, 0.4) is 0 Å². The largest absolute Gasteiger partial charge is 0.392 e. The Morgan fingerprint density at radius 3 is 2.33 bits per heavy atom. The summed E-state index contributed by atoms with van der Waals surface area (Å²) < 4.78 is 26.9. The first-order valence-electron chi connectivity index (χ1n) is 5.96. The van der Waals surface area contributed by atoms with Gasteiger partial charge in [-0.05, 0) is 31.4 Å². The molecule has 0 aliphatic heterocycles. The van der Waals surface area contributed by atoms with Crippen LogP contribution in [0, 0.1) is 0 Å². The van der Waals surface area contributed by atoms with Crippen LogP contribution in [-0.4, -0.2) is 24.0 Å². The fourth-order valence-corrected chi connectivity index (χ4v) is 2.92. The first-order chi connectivity index (χ1) is 8.37. The van der Waals surface area contributed by atoms with Crippen LogP contribution in [0.15, 0.2) is 23.4 Å². The Labute approximate surface area is 108 Å². The van der Waals surface area contributed by atoms with E-state index in [9.17, 15) is 8.42 Å². The maximum atomic E-state index is 12.1. The first kappa shape index (κ1) is 15.1. The van der Waals surface area contributed by atoms with E-state index >= 15 is 0 Å². The molecule has 0 aromatic carbocycles. The quantitative estimate of drug-likeness (QED) is 0.821. The minimum atomic E-state index is -3.61. The van der Waals surface area contributed by atoms with E-state index in [1.807, 2.05) is 20.8 Å². The van der Waals surface area contributed by atoms with E-state index in [-0.39, 0.29) is 11.6 Å². The van der Waals surface area contributed by atoms with Gasteiger partial charge in [0, 0.05) is 11.7 Å². The average molecular weight is 272 g/mol. The Bertz CT molecular complexity index is 479. The highest BCUT2D eigenvalue weighted by Crippen LogP contribution is 2.18. The van der Waals surface area contributed by atoms with E-state index in [1.165, 1.54) is 12.3 Å². The van der Waals surface area contributed by atoms with Gasteiger partial charge in [0.05, 0.1) is 6.61 Å². The number of nitrogens with zero attached hydrogens (tertiary/aromatic N) is 1. The van der Waals surface area contributed by atoms with Crippen LogP contribution in [0.25, 0.3) is 0 Å². The third-order valence-corrected chi connectivity index (χ3v) is 4.75. The molecule has 0 unspecified atom stereocenters. The fourth-order valence-electron chi connectivity index (χ4n) is 1.43. The van der Waals surface area contributed by atoms with Gasteiger partial charge in [0.25, 0.3) is 10.0 Å². The van der Waals surface area contributed by atoms with E-state index < -0.39 is 15.6 Å². The molecule has 0 bridgehead atoms. The van der Waals surface area contributed by atoms with Crippen molar-refractivity contribution >= 4 is 10.0 Å². The van der Waals surface area contributed by atoms with E-state index in [2.05, 4.69) is 9.71 Å². The van der Waals surface area contributed by atoms with Gasteiger partial charge >= 0.3 is 0 Å². The number of hydrogen-bond donors (Lipinski definition) is 2. The van der Waals surface area contributed by atoms with Gasteiger partial charge in [0.2, 0.25) is 0 Å². The molecule has 1 aromatic heterocycles. The smallest absolute Gasteiger partial charge is 0.258 e. The minimum absolute atomic E-state index is 0.0205. The molecule has 1 aromatic rings. The molecule has 0 aliphatic rings. The van der Waals surface area contributed by atoms with E-state index in [0.29, 0.717) is 18.4 Å². The fraction of sp³-hybridized carbons (Fsp3) is 0.583. The Morgan fingerprint density at radius 1 is 1.33 bits per heavy atom. The van der Waals surface area contributed by atoms with Gasteiger partial charge in [-0.25, -0.2) is 18.1 Å². The second kappa shape index (κ2) is 5.77. The molecule has 18 heavy (non-hydrogen) atoms. The average Bonchev–Trinajstić information content (AvgIpc) is 2.38. The van der Waals surface area contributed by atoms with Crippen molar-refractivity contribution in [3.05, 3.63) is 23.9 Å². The van der Waals surface area contributed by atoms with Crippen molar-refractivity contribution in [2.75, 3.05) is 0 Å². The summed E-state index contributed by atoms with van der Waals surface area (Å²) in [6, 6.07) is 2.95. The van der Waals surface area contributed by atoms with Crippen LogP contribution >= 0.6 is 0 Å². The summed E-state index contributed by atoms with van der Waals surface area (Å²) in [5.41, 5.74) is 0.124. The lowest BCUT2D eigenvalue weighted by Crippen LogP contribution is -2.45. The lowest BCUT2D eigenvalue weighted by Gasteiger charge is -2.27. The van der Waals surface area contributed by atoms with Crippen molar-refractivity contribution in [2.45, 2.75) is 50.8 Å². The maximum Gasteiger partial charge on any atom is 0.258 e. The standard InChI is InChI=1S/C12H20N2O3S/c1-4-12(3,5-2)14-18(16,17)11-7-6-10(9-15)8-13-11/h6-8,14-15H,4-5,9H2,1-3H3. The minimum Gasteiger partial charge on any atom is -0.392 e. The van der Waals surface area contributed by atoms with E-state index in [1.54, 1.807) is 6.07 Å². The van der Waals surface area contributed by atoms with E-state index in [4.69, 9.17) is 5.11 Å². The van der Waals surface area contributed by atoms with Crippen LogP contribution in [0.4, 0.5) is 0 Å². The first-order valence-corrected chi connectivity index (χ1v) is 7.45. The number of hydrogen-bond acceptors (Lipinski definition) is 4. The summed E-state index contributed by atoms with van der Waals surface area (Å²) in [5, 5.41) is 8.87. The third kappa shape index (κ3) is 3.51. The summed E-state index contributed by atoms with van der Waals surface area (Å²) in [6.45, 7) is 5.59. The maximum absolute atomic E-state index is 12.1. The number of nitrogens with one attached hydrogen (secondary N) is 1. The highest BCUT2D eigenvalue weighted by Gasteiger charge is 2.28. The summed E-state index contributed by atoms with van der Waals surface area (Å²) in [4.78, 5) is 3.86. The number of pyridine rings is 1. The third-order valence-electron chi connectivity index (χ3n) is 3.20. The molecular weight excluding hydrogens is 252 g/mol. The van der Waals surface area contributed by atoms with Crippen molar-refractivity contribution in [2.24, 2.45) is 0 Å². The Balaban J connectivity index is 2.99. The van der Waals surface area contributed by atoms with Crippen molar-refractivity contribution in [3.8, 4) is 0 Å². The van der Waals surface area contributed by atoms with Crippen LogP contribution in [0.1, 0.15) is 39.2 Å². The molecule has 0 spiro atoms. The van der Waals surface area contributed by atoms with Crippen LogP contribution < -0.4 is 4.72 Å². The second-order valence-corrected chi connectivity index (χ2v) is 6.17. The molecule has 1 rings (SSSR count). The predicted octanol–water partition coefficient (Wildman–Crippen LogP) is 1.43. The zero-order valence-electron chi connectivity index (χ0n) is 11.0. The summed E-state index contributed by atoms with van der Waals surface area (Å²) in [7, 11) is -3.61. The van der Waals surface area contributed by atoms with Crippen molar-refractivity contribution in [3.63, 3.8) is 0 Å². The number of aromatic nitrogens is 1. The van der Waals surface area contributed by atoms with Crippen molar-refractivity contribution < 1.29 is 13.5 Å². The highest BCUT2D eigenvalue weighted by atomic mass is 32.2. The Morgan fingerprint density at radius 2 is 1.94 bits per heavy atom. The van der Waals surface area contributed by atoms with Gasteiger partial charge < -0.3 is 5.11 Å². The summed E-state index contributed by atoms with van der Waals surface area (Å²) in [5.74, 6) is 0. The SMILES string of the molecule is CCC(C)(CC)NS(=O)(=O)c1ccc(CO)cn1.